The highest BCUT2D eigenvalue weighted by atomic mass is 32.2. The predicted molar refractivity (Wildman–Crippen MR) is 106 cm³/mol. The van der Waals surface area contributed by atoms with E-state index in [1.54, 1.807) is 13.5 Å². The summed E-state index contributed by atoms with van der Waals surface area (Å²) in [6.45, 7) is 3.67. The molecule has 0 saturated carbocycles. The zero-order valence-electron chi connectivity index (χ0n) is 15.8. The van der Waals surface area contributed by atoms with Gasteiger partial charge < -0.3 is 10.2 Å². The first-order valence-electron chi connectivity index (χ1n) is 9.89. The van der Waals surface area contributed by atoms with Crippen molar-refractivity contribution in [3.05, 3.63) is 35.9 Å². The van der Waals surface area contributed by atoms with Crippen molar-refractivity contribution in [2.75, 3.05) is 45.8 Å². The molecular weight excluding hydrogens is 364 g/mol. The van der Waals surface area contributed by atoms with E-state index in [4.69, 9.17) is 0 Å². The highest BCUT2D eigenvalue weighted by Gasteiger charge is 2.32. The highest BCUT2D eigenvalue weighted by molar-refractivity contribution is 7.86. The van der Waals surface area contributed by atoms with Gasteiger partial charge in [-0.1, -0.05) is 36.8 Å². The Bertz CT molecular complexity index is 705. The van der Waals surface area contributed by atoms with E-state index in [0.717, 1.165) is 25.7 Å². The SMILES string of the molecule is O=C(NCCc1ccccc1)N1CCCN(S(=O)(=O)N2CCCCC2)CC1. The molecule has 0 aromatic heterocycles. The first-order valence-corrected chi connectivity index (χ1v) is 11.3. The van der Waals surface area contributed by atoms with Crippen molar-refractivity contribution in [2.45, 2.75) is 32.1 Å². The van der Waals surface area contributed by atoms with Crippen molar-refractivity contribution in [3.8, 4) is 0 Å². The topological polar surface area (TPSA) is 73.0 Å². The van der Waals surface area contributed by atoms with Crippen LogP contribution in [0, 0.1) is 0 Å². The largest absolute Gasteiger partial charge is 0.338 e. The quantitative estimate of drug-likeness (QED) is 0.826. The van der Waals surface area contributed by atoms with E-state index in [2.05, 4.69) is 5.32 Å². The van der Waals surface area contributed by atoms with Crippen molar-refractivity contribution in [1.82, 2.24) is 18.8 Å². The van der Waals surface area contributed by atoms with Crippen LogP contribution in [0.4, 0.5) is 4.79 Å². The molecule has 8 heteroatoms. The molecule has 2 aliphatic rings. The van der Waals surface area contributed by atoms with Crippen LogP contribution in [0.1, 0.15) is 31.2 Å². The molecule has 2 amide bonds. The van der Waals surface area contributed by atoms with Crippen LogP contribution in [0.2, 0.25) is 0 Å². The Balaban J connectivity index is 1.48. The second kappa shape index (κ2) is 9.52. The van der Waals surface area contributed by atoms with Gasteiger partial charge in [-0.15, -0.1) is 0 Å². The van der Waals surface area contributed by atoms with Crippen LogP contribution >= 0.6 is 0 Å². The van der Waals surface area contributed by atoms with Gasteiger partial charge in [0.05, 0.1) is 0 Å². The van der Waals surface area contributed by atoms with Crippen molar-refractivity contribution in [1.29, 1.82) is 0 Å². The molecule has 2 fully saturated rings. The summed E-state index contributed by atoms with van der Waals surface area (Å²) in [7, 11) is -3.40. The van der Waals surface area contributed by atoms with Gasteiger partial charge in [0.25, 0.3) is 10.2 Å². The van der Waals surface area contributed by atoms with Crippen LogP contribution < -0.4 is 5.32 Å². The average Bonchev–Trinajstić information content (AvgIpc) is 2.96. The Morgan fingerprint density at radius 3 is 2.26 bits per heavy atom. The molecule has 0 atom stereocenters. The number of nitrogens with zero attached hydrogens (tertiary/aromatic N) is 3. The van der Waals surface area contributed by atoms with Crippen molar-refractivity contribution in [2.24, 2.45) is 0 Å². The molecule has 0 radical (unpaired) electrons. The Morgan fingerprint density at radius 1 is 0.852 bits per heavy atom. The van der Waals surface area contributed by atoms with Crippen molar-refractivity contribution < 1.29 is 13.2 Å². The lowest BCUT2D eigenvalue weighted by Crippen LogP contribution is -2.48. The number of carbonyl (C=O) groups is 1. The zero-order chi connectivity index (χ0) is 19.1. The fourth-order valence-corrected chi connectivity index (χ4v) is 5.38. The van der Waals surface area contributed by atoms with Crippen LogP contribution in [-0.2, 0) is 16.6 Å². The third-order valence-electron chi connectivity index (χ3n) is 5.24. The Labute approximate surface area is 162 Å². The van der Waals surface area contributed by atoms with E-state index < -0.39 is 10.2 Å². The molecule has 7 nitrogen and oxygen atoms in total. The minimum atomic E-state index is -3.40. The van der Waals surface area contributed by atoms with Crippen LogP contribution in [-0.4, -0.2) is 73.8 Å². The van der Waals surface area contributed by atoms with E-state index in [0.29, 0.717) is 52.2 Å². The van der Waals surface area contributed by atoms with Gasteiger partial charge in [-0.2, -0.15) is 17.0 Å². The number of urea groups is 1. The van der Waals surface area contributed by atoms with Gasteiger partial charge in [0.15, 0.2) is 0 Å². The van der Waals surface area contributed by atoms with Crippen molar-refractivity contribution >= 4 is 16.2 Å². The normalized spacial score (nSPS) is 20.2. The van der Waals surface area contributed by atoms with E-state index in [-0.39, 0.29) is 6.03 Å². The number of hydrogen-bond acceptors (Lipinski definition) is 3. The third kappa shape index (κ3) is 5.43. The first kappa shape index (κ1) is 20.1. The molecule has 27 heavy (non-hydrogen) atoms. The third-order valence-corrected chi connectivity index (χ3v) is 7.28. The molecule has 1 aromatic rings. The smallest absolute Gasteiger partial charge is 0.317 e. The molecule has 1 aromatic carbocycles. The number of amides is 2. The number of rotatable bonds is 5. The lowest BCUT2D eigenvalue weighted by molar-refractivity contribution is 0.200. The fraction of sp³-hybridized carbons (Fsp3) is 0.632. The summed E-state index contributed by atoms with van der Waals surface area (Å²) in [4.78, 5) is 14.2. The molecule has 2 saturated heterocycles. The molecule has 3 rings (SSSR count). The van der Waals surface area contributed by atoms with E-state index in [1.165, 1.54) is 5.56 Å². The number of piperidine rings is 1. The van der Waals surface area contributed by atoms with Crippen LogP contribution in [0.15, 0.2) is 30.3 Å². The average molecular weight is 395 g/mol. The monoisotopic (exact) mass is 394 g/mol. The Morgan fingerprint density at radius 2 is 1.52 bits per heavy atom. The number of carbonyl (C=O) groups excluding carboxylic acids is 1. The van der Waals surface area contributed by atoms with Gasteiger partial charge in [0.1, 0.15) is 0 Å². The second-order valence-electron chi connectivity index (χ2n) is 7.17. The Hall–Kier alpha value is -1.64. The minimum Gasteiger partial charge on any atom is -0.338 e. The maximum absolute atomic E-state index is 12.8. The summed E-state index contributed by atoms with van der Waals surface area (Å²) >= 11 is 0. The van der Waals surface area contributed by atoms with Gasteiger partial charge in [-0.3, -0.25) is 0 Å². The Kier molecular flexibility index (Phi) is 7.09. The van der Waals surface area contributed by atoms with Crippen molar-refractivity contribution in [3.63, 3.8) is 0 Å². The molecule has 0 aliphatic carbocycles. The number of nitrogens with one attached hydrogen (secondary N) is 1. The summed E-state index contributed by atoms with van der Waals surface area (Å²) in [6, 6.07) is 9.93. The molecule has 0 spiro atoms. The first-order chi connectivity index (χ1) is 13.1. The molecule has 150 valence electrons. The zero-order valence-corrected chi connectivity index (χ0v) is 16.7. The maximum Gasteiger partial charge on any atom is 0.317 e. The summed E-state index contributed by atoms with van der Waals surface area (Å²) < 4.78 is 28.8. The van der Waals surface area contributed by atoms with E-state index in [1.807, 2.05) is 30.3 Å². The van der Waals surface area contributed by atoms with Gasteiger partial charge in [0.2, 0.25) is 0 Å². The van der Waals surface area contributed by atoms with E-state index in [9.17, 15) is 13.2 Å². The lowest BCUT2D eigenvalue weighted by Gasteiger charge is -2.31. The lowest BCUT2D eigenvalue weighted by atomic mass is 10.1. The molecule has 2 heterocycles. The molecule has 0 bridgehead atoms. The summed E-state index contributed by atoms with van der Waals surface area (Å²) in [5, 5.41) is 2.95. The fourth-order valence-electron chi connectivity index (χ4n) is 3.66. The molecular formula is C19H30N4O3S. The predicted octanol–water partition coefficient (Wildman–Crippen LogP) is 1.68. The number of benzene rings is 1. The van der Waals surface area contributed by atoms with Gasteiger partial charge in [-0.25, -0.2) is 4.79 Å². The van der Waals surface area contributed by atoms with Gasteiger partial charge in [-0.05, 0) is 31.2 Å². The van der Waals surface area contributed by atoms with Crippen LogP contribution in [0.5, 0.6) is 0 Å². The summed E-state index contributed by atoms with van der Waals surface area (Å²) in [5.74, 6) is 0. The number of hydrogen-bond donors (Lipinski definition) is 1. The molecule has 1 N–H and O–H groups in total. The second-order valence-corrected chi connectivity index (χ2v) is 9.10. The minimum absolute atomic E-state index is 0.108. The molecule has 2 aliphatic heterocycles. The van der Waals surface area contributed by atoms with E-state index >= 15 is 0 Å². The van der Waals surface area contributed by atoms with Crippen LogP contribution in [0.3, 0.4) is 0 Å². The van der Waals surface area contributed by atoms with Gasteiger partial charge in [0, 0.05) is 45.8 Å². The van der Waals surface area contributed by atoms with Crippen LogP contribution in [0.25, 0.3) is 0 Å². The highest BCUT2D eigenvalue weighted by Crippen LogP contribution is 2.18. The van der Waals surface area contributed by atoms with Gasteiger partial charge >= 0.3 is 6.03 Å². The summed E-state index contributed by atoms with van der Waals surface area (Å²) in [6.07, 6.45) is 4.42. The summed E-state index contributed by atoms with van der Waals surface area (Å²) in [5.41, 5.74) is 1.19. The maximum atomic E-state index is 12.8. The molecule has 0 unspecified atom stereocenters. The standard InChI is InChI=1S/C19H30N4O3S/c24-19(20-11-10-18-8-3-1-4-9-18)21-12-7-15-23(17-16-21)27(25,26)22-13-5-2-6-14-22/h1,3-4,8-9H,2,5-7,10-17H2,(H,20,24).